The van der Waals surface area contributed by atoms with Gasteiger partial charge in [0.15, 0.2) is 6.54 Å². The van der Waals surface area contributed by atoms with Crippen LogP contribution in [-0.4, -0.2) is 43.3 Å². The first kappa shape index (κ1) is 14.3. The largest absolute Gasteiger partial charge is 0.364 e. The number of ether oxygens (including phenoxy) is 1. The third-order valence-corrected chi connectivity index (χ3v) is 4.08. The summed E-state index contributed by atoms with van der Waals surface area (Å²) in [6.07, 6.45) is 4.05. The van der Waals surface area contributed by atoms with Crippen LogP contribution in [0.25, 0.3) is 0 Å². The van der Waals surface area contributed by atoms with Crippen molar-refractivity contribution >= 4 is 5.91 Å². The average molecular weight is 266 g/mol. The van der Waals surface area contributed by atoms with Crippen LogP contribution in [0.4, 0.5) is 0 Å². The number of carbonyl (C=O) groups excluding carboxylic acids is 1. The second kappa shape index (κ2) is 5.89. The lowest BCUT2D eigenvalue weighted by molar-refractivity contribution is -0.907. The Hall–Kier alpha value is -1.12. The molecule has 1 aliphatic heterocycles. The molecule has 5 heteroatoms. The van der Waals surface area contributed by atoms with Crippen LogP contribution in [0, 0.1) is 11.3 Å². The maximum Gasteiger partial charge on any atom is 0.276 e. The van der Waals surface area contributed by atoms with E-state index in [4.69, 9.17) is 4.74 Å². The minimum atomic E-state index is -0.597. The van der Waals surface area contributed by atoms with Crippen LogP contribution in [0.1, 0.15) is 39.5 Å². The first-order valence-corrected chi connectivity index (χ1v) is 7.24. The molecule has 0 aromatic carbocycles. The maximum atomic E-state index is 12.1. The second-order valence-corrected chi connectivity index (χ2v) is 6.04. The highest BCUT2D eigenvalue weighted by atomic mass is 16.5. The van der Waals surface area contributed by atoms with Crippen molar-refractivity contribution in [2.75, 3.05) is 19.6 Å². The van der Waals surface area contributed by atoms with E-state index in [1.807, 2.05) is 13.8 Å². The van der Waals surface area contributed by atoms with Gasteiger partial charge in [-0.1, -0.05) is 0 Å². The molecule has 0 aromatic heterocycles. The Morgan fingerprint density at radius 3 is 2.47 bits per heavy atom. The standard InChI is InChI=1S/C14H23N3O2/c1-11-7-17(8-12(2)19-11)9-13(18)16-14(10-15)5-3-4-6-14/h11-12H,3-9H2,1-2H3,(H,16,18)/p+1/t11-,12-/m0/s1. The first-order valence-electron chi connectivity index (χ1n) is 7.24. The molecule has 19 heavy (non-hydrogen) atoms. The van der Waals surface area contributed by atoms with E-state index in [0.29, 0.717) is 6.54 Å². The van der Waals surface area contributed by atoms with E-state index in [1.54, 1.807) is 0 Å². The summed E-state index contributed by atoms with van der Waals surface area (Å²) in [5.74, 6) is -0.000231. The molecule has 0 bridgehead atoms. The summed E-state index contributed by atoms with van der Waals surface area (Å²) < 4.78 is 5.67. The summed E-state index contributed by atoms with van der Waals surface area (Å²) in [5.41, 5.74) is -0.597. The van der Waals surface area contributed by atoms with Gasteiger partial charge in [0.05, 0.1) is 6.07 Å². The first-order chi connectivity index (χ1) is 9.03. The fraction of sp³-hybridized carbons (Fsp3) is 0.857. The van der Waals surface area contributed by atoms with Crippen molar-refractivity contribution in [2.45, 2.75) is 57.3 Å². The summed E-state index contributed by atoms with van der Waals surface area (Å²) in [7, 11) is 0. The number of amides is 1. The maximum absolute atomic E-state index is 12.1. The molecule has 2 fully saturated rings. The minimum Gasteiger partial charge on any atom is -0.364 e. The van der Waals surface area contributed by atoms with Crippen LogP contribution in [-0.2, 0) is 9.53 Å². The fourth-order valence-corrected chi connectivity index (χ4v) is 3.31. The fourth-order valence-electron chi connectivity index (χ4n) is 3.31. The molecule has 1 saturated carbocycles. The van der Waals surface area contributed by atoms with E-state index in [-0.39, 0.29) is 18.1 Å². The van der Waals surface area contributed by atoms with Crippen molar-refractivity contribution in [1.82, 2.24) is 5.32 Å². The third kappa shape index (κ3) is 3.68. The Labute approximate surface area is 114 Å². The van der Waals surface area contributed by atoms with E-state index >= 15 is 0 Å². The molecule has 0 spiro atoms. The van der Waals surface area contributed by atoms with Gasteiger partial charge in [0.1, 0.15) is 30.8 Å². The number of nitrogens with one attached hydrogen (secondary N) is 2. The minimum absolute atomic E-state index is 0.000231. The van der Waals surface area contributed by atoms with E-state index in [9.17, 15) is 10.1 Å². The van der Waals surface area contributed by atoms with Crippen molar-refractivity contribution in [3.8, 4) is 6.07 Å². The number of nitriles is 1. The molecule has 0 aromatic rings. The van der Waals surface area contributed by atoms with Crippen molar-refractivity contribution in [2.24, 2.45) is 0 Å². The summed E-state index contributed by atoms with van der Waals surface area (Å²) >= 11 is 0. The summed E-state index contributed by atoms with van der Waals surface area (Å²) in [4.78, 5) is 13.4. The topological polar surface area (TPSA) is 66.6 Å². The van der Waals surface area contributed by atoms with Crippen molar-refractivity contribution < 1.29 is 14.4 Å². The number of morpholine rings is 1. The Morgan fingerprint density at radius 2 is 1.95 bits per heavy atom. The lowest BCUT2D eigenvalue weighted by atomic mass is 10.00. The molecule has 2 rings (SSSR count). The zero-order chi connectivity index (χ0) is 13.9. The number of carbonyl (C=O) groups is 1. The van der Waals surface area contributed by atoms with Crippen LogP contribution < -0.4 is 10.2 Å². The quantitative estimate of drug-likeness (QED) is 0.732. The molecule has 1 aliphatic carbocycles. The van der Waals surface area contributed by atoms with Crippen molar-refractivity contribution in [3.05, 3.63) is 0 Å². The lowest BCUT2D eigenvalue weighted by Crippen LogP contribution is -3.16. The Morgan fingerprint density at radius 1 is 1.37 bits per heavy atom. The second-order valence-electron chi connectivity index (χ2n) is 6.04. The summed E-state index contributed by atoms with van der Waals surface area (Å²) in [5, 5.41) is 12.2. The van der Waals surface area contributed by atoms with Gasteiger partial charge in [-0.05, 0) is 39.5 Å². The lowest BCUT2D eigenvalue weighted by Gasteiger charge is -2.32. The molecular weight excluding hydrogens is 242 g/mol. The predicted molar refractivity (Wildman–Crippen MR) is 70.5 cm³/mol. The Balaban J connectivity index is 1.85. The molecule has 1 amide bonds. The molecule has 1 heterocycles. The van der Waals surface area contributed by atoms with Crippen LogP contribution >= 0.6 is 0 Å². The number of hydrogen-bond donors (Lipinski definition) is 2. The summed E-state index contributed by atoms with van der Waals surface area (Å²) in [6, 6.07) is 2.30. The molecule has 0 radical (unpaired) electrons. The Bertz CT molecular complexity index is 361. The smallest absolute Gasteiger partial charge is 0.276 e. The highest BCUT2D eigenvalue weighted by Crippen LogP contribution is 2.28. The van der Waals surface area contributed by atoms with Crippen LogP contribution in [0.3, 0.4) is 0 Å². The molecule has 5 nitrogen and oxygen atoms in total. The van der Waals surface area contributed by atoms with Gasteiger partial charge in [0.2, 0.25) is 0 Å². The van der Waals surface area contributed by atoms with E-state index in [2.05, 4.69) is 11.4 Å². The van der Waals surface area contributed by atoms with Crippen molar-refractivity contribution in [1.29, 1.82) is 5.26 Å². The third-order valence-electron chi connectivity index (χ3n) is 4.08. The van der Waals surface area contributed by atoms with Crippen LogP contribution in [0.15, 0.2) is 0 Å². The molecule has 1 saturated heterocycles. The Kier molecular flexibility index (Phi) is 4.43. The van der Waals surface area contributed by atoms with Gasteiger partial charge < -0.3 is 15.0 Å². The van der Waals surface area contributed by atoms with Gasteiger partial charge in [-0.25, -0.2) is 0 Å². The van der Waals surface area contributed by atoms with Crippen molar-refractivity contribution in [3.63, 3.8) is 0 Å². The van der Waals surface area contributed by atoms with Crippen LogP contribution in [0.5, 0.6) is 0 Å². The SMILES string of the molecule is C[C@H]1C[NH+](CC(=O)NC2(C#N)CCCC2)C[C@H](C)O1. The highest BCUT2D eigenvalue weighted by Gasteiger charge is 2.36. The molecule has 2 N–H and O–H groups in total. The molecule has 2 atom stereocenters. The van der Waals surface area contributed by atoms with E-state index in [0.717, 1.165) is 38.8 Å². The zero-order valence-electron chi connectivity index (χ0n) is 11.9. The van der Waals surface area contributed by atoms with Gasteiger partial charge in [-0.3, -0.25) is 4.79 Å². The van der Waals surface area contributed by atoms with Gasteiger partial charge in [-0.2, -0.15) is 5.26 Å². The van der Waals surface area contributed by atoms with Gasteiger partial charge >= 0.3 is 0 Å². The number of hydrogen-bond acceptors (Lipinski definition) is 3. The molecular formula is C14H24N3O2+. The number of nitrogens with zero attached hydrogens (tertiary/aromatic N) is 1. The number of rotatable bonds is 3. The van der Waals surface area contributed by atoms with E-state index < -0.39 is 5.54 Å². The van der Waals surface area contributed by atoms with Gasteiger partial charge in [0.25, 0.3) is 5.91 Å². The van der Waals surface area contributed by atoms with E-state index in [1.165, 1.54) is 4.90 Å². The molecule has 2 aliphatic rings. The monoisotopic (exact) mass is 266 g/mol. The zero-order valence-corrected chi connectivity index (χ0v) is 11.9. The molecule has 0 unspecified atom stereocenters. The summed E-state index contributed by atoms with van der Waals surface area (Å²) in [6.45, 7) is 6.25. The van der Waals surface area contributed by atoms with Crippen LogP contribution in [0.2, 0.25) is 0 Å². The average Bonchev–Trinajstić information content (AvgIpc) is 2.76. The van der Waals surface area contributed by atoms with Gasteiger partial charge in [0, 0.05) is 0 Å². The highest BCUT2D eigenvalue weighted by molar-refractivity contribution is 5.78. The normalized spacial score (nSPS) is 33.6. The number of quaternary nitrogens is 1. The molecule has 106 valence electrons. The van der Waals surface area contributed by atoms with Gasteiger partial charge in [-0.15, -0.1) is 0 Å². The predicted octanol–water partition coefficient (Wildman–Crippen LogP) is -0.369.